The molecule has 3 heteroatoms. The van der Waals surface area contributed by atoms with Gasteiger partial charge in [0, 0.05) is 26.1 Å². The fourth-order valence-corrected chi connectivity index (χ4v) is 2.53. The molecule has 0 unspecified atom stereocenters. The first kappa shape index (κ1) is 19.4. The van der Waals surface area contributed by atoms with E-state index in [0.29, 0.717) is 25.4 Å². The molecule has 0 radical (unpaired) electrons. The molecule has 0 aromatic carbocycles. The van der Waals surface area contributed by atoms with E-state index < -0.39 is 0 Å². The van der Waals surface area contributed by atoms with Crippen LogP contribution >= 0.6 is 0 Å². The van der Waals surface area contributed by atoms with Crippen LogP contribution in [-0.4, -0.2) is 30.4 Å². The average Bonchev–Trinajstić information content (AvgIpc) is 2.45. The first-order valence-corrected chi connectivity index (χ1v) is 8.74. The summed E-state index contributed by atoms with van der Waals surface area (Å²) in [6.07, 6.45) is 13.4. The zero-order valence-electron chi connectivity index (χ0n) is 13.8. The molecule has 0 aliphatic heterocycles. The first-order chi connectivity index (χ1) is 9.76. The molecule has 0 aliphatic rings. The van der Waals surface area contributed by atoms with Gasteiger partial charge in [-0.05, 0) is 12.8 Å². The van der Waals surface area contributed by atoms with E-state index >= 15 is 0 Å². The molecule has 0 bridgehead atoms. The average molecular weight is 284 g/mol. The van der Waals surface area contributed by atoms with Crippen LogP contribution in [0, 0.1) is 0 Å². The van der Waals surface area contributed by atoms with Crippen LogP contribution in [0.25, 0.3) is 0 Å². The second-order valence-corrected chi connectivity index (χ2v) is 5.75. The number of hydrogen-bond donors (Lipinski definition) is 1. The third-order valence-electron chi connectivity index (χ3n) is 3.74. The second-order valence-electron chi connectivity index (χ2n) is 5.75. The number of amides is 1. The lowest BCUT2D eigenvalue weighted by Gasteiger charge is -2.21. The van der Waals surface area contributed by atoms with Gasteiger partial charge in [-0.15, -0.1) is 0 Å². The van der Waals surface area contributed by atoms with Crippen molar-refractivity contribution in [1.29, 1.82) is 0 Å². The van der Waals surface area contributed by atoms with Crippen molar-refractivity contribution in [2.45, 2.75) is 84.5 Å². The van der Waals surface area contributed by atoms with E-state index in [1.165, 1.54) is 51.4 Å². The van der Waals surface area contributed by atoms with Crippen LogP contribution in [0.1, 0.15) is 84.5 Å². The van der Waals surface area contributed by atoms with E-state index in [0.717, 1.165) is 19.4 Å². The van der Waals surface area contributed by atoms with Gasteiger partial charge in [0.05, 0.1) is 0 Å². The summed E-state index contributed by atoms with van der Waals surface area (Å²) in [6, 6.07) is 0. The fourth-order valence-electron chi connectivity index (χ4n) is 2.53. The van der Waals surface area contributed by atoms with E-state index in [4.69, 9.17) is 5.73 Å². The van der Waals surface area contributed by atoms with Crippen LogP contribution < -0.4 is 5.73 Å². The number of rotatable bonds is 14. The van der Waals surface area contributed by atoms with Gasteiger partial charge < -0.3 is 10.6 Å². The van der Waals surface area contributed by atoms with Crippen LogP contribution in [0.15, 0.2) is 0 Å². The van der Waals surface area contributed by atoms with Crippen molar-refractivity contribution in [1.82, 2.24) is 4.90 Å². The largest absolute Gasteiger partial charge is 0.341 e. The molecular weight excluding hydrogens is 248 g/mol. The third kappa shape index (κ3) is 11.3. The van der Waals surface area contributed by atoms with Crippen molar-refractivity contribution in [2.24, 2.45) is 5.73 Å². The molecule has 2 N–H and O–H groups in total. The Morgan fingerprint density at radius 1 is 0.800 bits per heavy atom. The van der Waals surface area contributed by atoms with Crippen LogP contribution in [-0.2, 0) is 4.79 Å². The highest BCUT2D eigenvalue weighted by Gasteiger charge is 2.10. The van der Waals surface area contributed by atoms with Gasteiger partial charge in [0.25, 0.3) is 0 Å². The second kappa shape index (κ2) is 14.8. The minimum absolute atomic E-state index is 0.292. The Labute approximate surface area is 126 Å². The molecule has 0 aliphatic carbocycles. The molecule has 3 nitrogen and oxygen atoms in total. The Morgan fingerprint density at radius 3 is 1.85 bits per heavy atom. The molecule has 120 valence electrons. The monoisotopic (exact) mass is 284 g/mol. The minimum Gasteiger partial charge on any atom is -0.341 e. The van der Waals surface area contributed by atoms with Gasteiger partial charge in [-0.2, -0.15) is 0 Å². The molecule has 0 saturated heterocycles. The molecule has 0 aromatic heterocycles. The van der Waals surface area contributed by atoms with Gasteiger partial charge in [-0.25, -0.2) is 0 Å². The summed E-state index contributed by atoms with van der Waals surface area (Å²) in [5.74, 6) is 0.292. The summed E-state index contributed by atoms with van der Waals surface area (Å²) in [6.45, 7) is 6.50. The highest BCUT2D eigenvalue weighted by molar-refractivity contribution is 5.76. The van der Waals surface area contributed by atoms with Crippen molar-refractivity contribution in [2.75, 3.05) is 19.6 Å². The van der Waals surface area contributed by atoms with Crippen LogP contribution in [0.2, 0.25) is 0 Å². The summed E-state index contributed by atoms with van der Waals surface area (Å²) in [7, 11) is 0. The van der Waals surface area contributed by atoms with E-state index in [1.807, 2.05) is 4.90 Å². The molecule has 1 amide bonds. The predicted octanol–water partition coefficient (Wildman–Crippen LogP) is 4.10. The summed E-state index contributed by atoms with van der Waals surface area (Å²) in [5, 5.41) is 0. The van der Waals surface area contributed by atoms with Crippen molar-refractivity contribution in [3.05, 3.63) is 0 Å². The zero-order valence-corrected chi connectivity index (χ0v) is 13.8. The number of nitrogens with zero attached hydrogens (tertiary/aromatic N) is 1. The summed E-state index contributed by atoms with van der Waals surface area (Å²) >= 11 is 0. The molecule has 0 saturated carbocycles. The molecule has 0 fully saturated rings. The van der Waals surface area contributed by atoms with Gasteiger partial charge in [-0.3, -0.25) is 4.79 Å². The molecule has 0 heterocycles. The van der Waals surface area contributed by atoms with E-state index in [9.17, 15) is 4.79 Å². The molecule has 0 atom stereocenters. The van der Waals surface area contributed by atoms with Crippen molar-refractivity contribution >= 4 is 5.91 Å². The number of unbranched alkanes of at least 4 members (excludes halogenated alkanes) is 8. The maximum absolute atomic E-state index is 12.0. The quantitative estimate of drug-likeness (QED) is 0.488. The van der Waals surface area contributed by atoms with E-state index in [1.54, 1.807) is 0 Å². The maximum atomic E-state index is 12.0. The molecule has 0 rings (SSSR count). The third-order valence-corrected chi connectivity index (χ3v) is 3.74. The Hall–Kier alpha value is -0.570. The van der Waals surface area contributed by atoms with Crippen molar-refractivity contribution in [3.8, 4) is 0 Å². The Bertz CT molecular complexity index is 213. The SMILES string of the molecule is CCCCCCCCCCCC(=O)N(CCC)CCN. The van der Waals surface area contributed by atoms with Crippen LogP contribution in [0.4, 0.5) is 0 Å². The Kier molecular flexibility index (Phi) is 14.4. The smallest absolute Gasteiger partial charge is 0.222 e. The van der Waals surface area contributed by atoms with Gasteiger partial charge >= 0.3 is 0 Å². The molecule has 0 aromatic rings. The van der Waals surface area contributed by atoms with Gasteiger partial charge in [0.2, 0.25) is 5.91 Å². The highest BCUT2D eigenvalue weighted by atomic mass is 16.2. The van der Waals surface area contributed by atoms with Crippen LogP contribution in [0.5, 0.6) is 0 Å². The van der Waals surface area contributed by atoms with E-state index in [-0.39, 0.29) is 0 Å². The zero-order chi connectivity index (χ0) is 15.1. The normalized spacial score (nSPS) is 10.8. The summed E-state index contributed by atoms with van der Waals surface area (Å²) in [4.78, 5) is 13.9. The predicted molar refractivity (Wildman–Crippen MR) is 87.8 cm³/mol. The lowest BCUT2D eigenvalue weighted by atomic mass is 10.1. The summed E-state index contributed by atoms with van der Waals surface area (Å²) < 4.78 is 0. The van der Waals surface area contributed by atoms with E-state index in [2.05, 4.69) is 13.8 Å². The van der Waals surface area contributed by atoms with Gasteiger partial charge in [-0.1, -0.05) is 65.2 Å². The van der Waals surface area contributed by atoms with Crippen molar-refractivity contribution < 1.29 is 4.79 Å². The van der Waals surface area contributed by atoms with Gasteiger partial charge in [0.1, 0.15) is 0 Å². The number of hydrogen-bond acceptors (Lipinski definition) is 2. The number of nitrogens with two attached hydrogens (primary N) is 1. The fraction of sp³-hybridized carbons (Fsp3) is 0.941. The highest BCUT2D eigenvalue weighted by Crippen LogP contribution is 2.11. The lowest BCUT2D eigenvalue weighted by molar-refractivity contribution is -0.131. The number of carbonyl (C=O) groups is 1. The Morgan fingerprint density at radius 2 is 1.35 bits per heavy atom. The van der Waals surface area contributed by atoms with Crippen molar-refractivity contribution in [3.63, 3.8) is 0 Å². The number of carbonyl (C=O) groups excluding carboxylic acids is 1. The lowest BCUT2D eigenvalue weighted by Crippen LogP contribution is -2.35. The summed E-state index contributed by atoms with van der Waals surface area (Å²) in [5.41, 5.74) is 5.55. The Balaban J connectivity index is 3.45. The standard InChI is InChI=1S/C17H36N2O/c1-3-5-6-7-8-9-10-11-12-13-17(20)19(15-4-2)16-14-18/h3-16,18H2,1-2H3. The minimum atomic E-state index is 0.292. The maximum Gasteiger partial charge on any atom is 0.222 e. The molecule has 0 spiro atoms. The topological polar surface area (TPSA) is 46.3 Å². The first-order valence-electron chi connectivity index (χ1n) is 8.74. The molecular formula is C17H36N2O. The van der Waals surface area contributed by atoms with Crippen LogP contribution in [0.3, 0.4) is 0 Å². The molecule has 20 heavy (non-hydrogen) atoms. The van der Waals surface area contributed by atoms with Gasteiger partial charge in [0.15, 0.2) is 0 Å².